The Hall–Kier alpha value is 1.41. The second-order valence-electron chi connectivity index (χ2n) is 0.875. The van der Waals surface area contributed by atoms with Crippen LogP contribution in [0.5, 0.6) is 0 Å². The predicted octanol–water partition coefficient (Wildman–Crippen LogP) is -4.82. The number of hydrogen-bond acceptors (Lipinski definition) is 7. The zero-order valence-corrected chi connectivity index (χ0v) is 13.7. The maximum absolute atomic E-state index is 8.70. The van der Waals surface area contributed by atoms with Gasteiger partial charge >= 0.3 is 68.5 Å². The van der Waals surface area contributed by atoms with Crippen LogP contribution >= 0.6 is 7.82 Å². The fourth-order valence-electron chi connectivity index (χ4n) is 0. The van der Waals surface area contributed by atoms with Crippen molar-refractivity contribution in [1.82, 2.24) is 0 Å². The summed E-state index contributed by atoms with van der Waals surface area (Å²) < 4.78 is 41.7. The summed E-state index contributed by atoms with van der Waals surface area (Å²) in [6.07, 6.45) is 0. The molecule has 0 fully saturated rings. The van der Waals surface area contributed by atoms with Crippen molar-refractivity contribution in [3.05, 3.63) is 0 Å². The van der Waals surface area contributed by atoms with Crippen molar-refractivity contribution in [2.75, 3.05) is 0 Å². The van der Waals surface area contributed by atoms with Crippen molar-refractivity contribution in [3.8, 4) is 0 Å². The Bertz CT molecular complexity index is 195. The molecule has 0 rings (SSSR count). The standard InChI is InChI=1S/Cr.H3O4P.H2O.3O.2Zn/c;1-5(2,3)4;;;;;;/h;(H3,1,2,3,4);1H2;;;;;/q+1;;;;;-1;2*+2/p-4. The molecule has 8 nitrogen and oxygen atoms in total. The van der Waals surface area contributed by atoms with Crippen LogP contribution < -0.4 is 18.8 Å². The maximum atomic E-state index is 8.70. The van der Waals surface area contributed by atoms with Crippen LogP contribution in [0, 0.1) is 0 Å². The molecule has 0 unspecified atom stereocenters. The third-order valence-corrected chi connectivity index (χ3v) is 0. The number of phosphoric acid groups is 1. The molecule has 1 N–H and O–H groups in total. The van der Waals surface area contributed by atoms with Gasteiger partial charge in [0.05, 0.1) is 0 Å². The van der Waals surface area contributed by atoms with Crippen LogP contribution in [0.2, 0.25) is 0 Å². The number of rotatable bonds is 0. The van der Waals surface area contributed by atoms with E-state index in [0.29, 0.717) is 0 Å². The van der Waals surface area contributed by atoms with Crippen LogP contribution in [0.15, 0.2) is 0 Å². The monoisotopic (exact) mass is 340 g/mol. The van der Waals surface area contributed by atoms with E-state index in [0.717, 1.165) is 0 Å². The normalized spacial score (nSPS) is 9.75. The Morgan fingerprint density at radius 2 is 1.08 bits per heavy atom. The first-order valence-corrected chi connectivity index (χ1v) is 5.01. The van der Waals surface area contributed by atoms with Gasteiger partial charge < -0.3 is 19.2 Å². The van der Waals surface area contributed by atoms with Gasteiger partial charge in [-0.3, -0.25) is 0 Å². The van der Waals surface area contributed by atoms with Gasteiger partial charge in [0.25, 0.3) is 0 Å². The zero-order chi connectivity index (χ0) is 9.00. The molecule has 12 heteroatoms. The average Bonchev–Trinajstić information content (AvgIpc) is 1.12. The molecule has 0 aliphatic rings. The molecule has 12 heavy (non-hydrogen) atoms. The summed E-state index contributed by atoms with van der Waals surface area (Å²) in [5.41, 5.74) is 0. The van der Waals surface area contributed by atoms with Crippen LogP contribution in [0.3, 0.4) is 0 Å². The van der Waals surface area contributed by atoms with Crippen molar-refractivity contribution in [1.29, 1.82) is 0 Å². The van der Waals surface area contributed by atoms with Gasteiger partial charge in [-0.15, -0.1) is 0 Å². The van der Waals surface area contributed by atoms with E-state index in [1.54, 1.807) is 0 Å². The first-order valence-electron chi connectivity index (χ1n) is 1.41. The van der Waals surface area contributed by atoms with E-state index < -0.39 is 21.4 Å². The predicted molar refractivity (Wildman–Crippen MR) is 11.2 cm³/mol. The molecule has 0 aliphatic carbocycles. The largest absolute Gasteiger partial charge is 2.00 e. The van der Waals surface area contributed by atoms with Crippen LogP contribution in [-0.2, 0) is 64.7 Å². The van der Waals surface area contributed by atoms with Crippen molar-refractivity contribution in [2.24, 2.45) is 0 Å². The topological polar surface area (TPSA) is 164 Å². The molecule has 0 aromatic rings. The summed E-state index contributed by atoms with van der Waals surface area (Å²) in [7, 11) is -5.39. The minimum Gasteiger partial charge on any atom is 2.00 e. The van der Waals surface area contributed by atoms with Gasteiger partial charge in [0.15, 0.2) is 0 Å². The Morgan fingerprint density at radius 3 is 1.08 bits per heavy atom. The fraction of sp³-hybridized carbons (Fsp3) is 0. The Balaban J connectivity index is -0.0000000457. The van der Waals surface area contributed by atoms with E-state index in [-0.39, 0.29) is 39.0 Å². The molecule has 0 aromatic heterocycles. The zero-order valence-electron chi connectivity index (χ0n) is 5.57. The van der Waals surface area contributed by atoms with E-state index in [4.69, 9.17) is 35.2 Å². The van der Waals surface area contributed by atoms with Gasteiger partial charge in [-0.25, -0.2) is 0 Å². The number of hydrogen-bond donors (Lipinski definition) is 1. The summed E-state index contributed by atoms with van der Waals surface area (Å²) in [5.74, 6) is 0. The second kappa shape index (κ2) is 8.98. The fourth-order valence-corrected chi connectivity index (χ4v) is 0. The van der Waals surface area contributed by atoms with Gasteiger partial charge in [-0.1, -0.05) is 0 Å². The molecule has 0 spiro atoms. The summed E-state index contributed by atoms with van der Waals surface area (Å²) in [6.45, 7) is 0. The van der Waals surface area contributed by atoms with Crippen LogP contribution in [0.4, 0.5) is 0 Å². The molecule has 0 aliphatic heterocycles. The SMILES string of the molecule is O=P([O-])([O-])[O-].[O]=[Cr](=[O])([O-])[OH].[Zn+2].[Zn+2]. The van der Waals surface area contributed by atoms with Crippen LogP contribution in [0.1, 0.15) is 0 Å². The summed E-state index contributed by atoms with van der Waals surface area (Å²) in [4.78, 5) is 25.6. The molecular weight excluding hydrogens is 342 g/mol. The summed E-state index contributed by atoms with van der Waals surface area (Å²) in [6, 6.07) is 0. The summed E-state index contributed by atoms with van der Waals surface area (Å²) >= 11 is -5.50. The molecule has 0 atom stereocenters. The van der Waals surface area contributed by atoms with Crippen molar-refractivity contribution < 1.29 is 87.7 Å². The van der Waals surface area contributed by atoms with Gasteiger partial charge in [0, 0.05) is 0 Å². The first kappa shape index (κ1) is 23.3. The van der Waals surface area contributed by atoms with E-state index in [1.165, 1.54) is 0 Å². The molecule has 0 bridgehead atoms. The average molecular weight is 343 g/mol. The smallest absolute Gasteiger partial charge is 2.00 e. The van der Waals surface area contributed by atoms with Crippen molar-refractivity contribution in [3.63, 3.8) is 0 Å². The minimum atomic E-state index is -5.50. The minimum absolute atomic E-state index is 0. The van der Waals surface area contributed by atoms with Crippen molar-refractivity contribution >= 4 is 7.82 Å². The molecular formula is HCrO8PZn2. The van der Waals surface area contributed by atoms with Crippen LogP contribution in [-0.4, -0.2) is 4.16 Å². The molecule has 0 amide bonds. The van der Waals surface area contributed by atoms with E-state index in [9.17, 15) is 0 Å². The van der Waals surface area contributed by atoms with Gasteiger partial charge in [-0.2, -0.15) is 7.82 Å². The molecule has 0 saturated heterocycles. The Morgan fingerprint density at radius 1 is 1.08 bits per heavy atom. The molecule has 0 aromatic carbocycles. The Kier molecular flexibility index (Phi) is 17.5. The Labute approximate surface area is 95.1 Å². The molecule has 0 heterocycles. The molecule has 0 saturated carbocycles. The maximum Gasteiger partial charge on any atom is 2.00 e. The molecule has 64 valence electrons. The van der Waals surface area contributed by atoms with Gasteiger partial charge in [0.1, 0.15) is 0 Å². The van der Waals surface area contributed by atoms with Gasteiger partial charge in [0.2, 0.25) is 0 Å². The quantitative estimate of drug-likeness (QED) is 0.338. The van der Waals surface area contributed by atoms with E-state index >= 15 is 0 Å². The third kappa shape index (κ3) is 622. The third-order valence-electron chi connectivity index (χ3n) is 0. The second-order valence-corrected chi connectivity index (χ2v) is 3.11. The van der Waals surface area contributed by atoms with E-state index in [1.807, 2.05) is 0 Å². The van der Waals surface area contributed by atoms with Crippen molar-refractivity contribution in [2.45, 2.75) is 0 Å². The first-order chi connectivity index (χ1) is 4.00. The summed E-state index contributed by atoms with van der Waals surface area (Å²) in [5, 5.41) is 0. The van der Waals surface area contributed by atoms with Gasteiger partial charge in [-0.05, 0) is 0 Å². The molecule has 0 radical (unpaired) electrons. The van der Waals surface area contributed by atoms with Crippen LogP contribution in [0.25, 0.3) is 0 Å². The van der Waals surface area contributed by atoms with E-state index in [2.05, 4.69) is 0 Å².